The molecular weight excluding hydrogens is 242 g/mol. The number of nitrogens with one attached hydrogen (secondary N) is 1. The van der Waals surface area contributed by atoms with Gasteiger partial charge in [-0.1, -0.05) is 13.8 Å². The number of hydrogen-bond acceptors (Lipinski definition) is 4. The molecule has 1 heterocycles. The van der Waals surface area contributed by atoms with Crippen LogP contribution in [0.3, 0.4) is 0 Å². The van der Waals surface area contributed by atoms with Crippen molar-refractivity contribution < 1.29 is 9.84 Å². The van der Waals surface area contributed by atoms with E-state index in [1.54, 1.807) is 11.8 Å². The maximum absolute atomic E-state index is 9.55. The number of aryl methyl sites for hydroxylation is 2. The third-order valence-corrected chi connectivity index (χ3v) is 4.12. The number of nitrogens with zero attached hydrogens (tertiary/aromatic N) is 2. The van der Waals surface area contributed by atoms with Crippen LogP contribution in [0.4, 0.5) is 0 Å². The largest absolute Gasteiger partial charge is 0.481 e. The van der Waals surface area contributed by atoms with E-state index in [0.717, 1.165) is 36.5 Å². The Morgan fingerprint density at radius 3 is 2.47 bits per heavy atom. The minimum Gasteiger partial charge on any atom is -0.481 e. The van der Waals surface area contributed by atoms with E-state index in [4.69, 9.17) is 4.74 Å². The molecule has 0 unspecified atom stereocenters. The summed E-state index contributed by atoms with van der Waals surface area (Å²) in [5.74, 6) is 0.799. The van der Waals surface area contributed by atoms with E-state index in [1.807, 2.05) is 14.0 Å². The number of aliphatic hydroxyl groups is 1. The van der Waals surface area contributed by atoms with Crippen molar-refractivity contribution in [3.8, 4) is 5.88 Å². The van der Waals surface area contributed by atoms with Gasteiger partial charge in [0.1, 0.15) is 0 Å². The third kappa shape index (κ3) is 3.48. The van der Waals surface area contributed by atoms with E-state index in [1.165, 1.54) is 0 Å². The molecule has 0 bridgehead atoms. The second-order valence-electron chi connectivity index (χ2n) is 5.17. The van der Waals surface area contributed by atoms with Gasteiger partial charge in [0.05, 0.1) is 18.4 Å². The standard InChI is InChI=1S/C14H27N3O2/c1-6-14(7-2,10-18)9-15-8-12-11(3)16-17(4)13(12)19-5/h15,18H,6-10H2,1-5H3. The molecule has 0 saturated heterocycles. The van der Waals surface area contributed by atoms with Crippen LogP contribution in [0.5, 0.6) is 5.88 Å². The lowest BCUT2D eigenvalue weighted by Crippen LogP contribution is -2.36. The number of aliphatic hydroxyl groups excluding tert-OH is 1. The Bertz CT molecular complexity index is 389. The second kappa shape index (κ2) is 6.91. The van der Waals surface area contributed by atoms with Crippen molar-refractivity contribution in [2.75, 3.05) is 20.3 Å². The number of aromatic nitrogens is 2. The molecule has 0 radical (unpaired) electrons. The van der Waals surface area contributed by atoms with Crippen LogP contribution in [0.25, 0.3) is 0 Å². The molecule has 0 fully saturated rings. The number of ether oxygens (including phenoxy) is 1. The SMILES string of the molecule is CCC(CC)(CO)CNCc1c(C)nn(C)c1OC. The van der Waals surface area contributed by atoms with Gasteiger partial charge in [-0.25, -0.2) is 4.68 Å². The minimum absolute atomic E-state index is 0.0245. The van der Waals surface area contributed by atoms with Crippen molar-refractivity contribution in [1.29, 1.82) is 0 Å². The summed E-state index contributed by atoms with van der Waals surface area (Å²) < 4.78 is 7.12. The van der Waals surface area contributed by atoms with Crippen LogP contribution < -0.4 is 10.1 Å². The van der Waals surface area contributed by atoms with Crippen molar-refractivity contribution in [2.24, 2.45) is 12.5 Å². The lowest BCUT2D eigenvalue weighted by atomic mass is 9.83. The zero-order valence-corrected chi connectivity index (χ0v) is 12.8. The van der Waals surface area contributed by atoms with Gasteiger partial charge in [-0.3, -0.25) is 0 Å². The van der Waals surface area contributed by atoms with E-state index < -0.39 is 0 Å². The number of hydrogen-bond donors (Lipinski definition) is 2. The summed E-state index contributed by atoms with van der Waals surface area (Å²) in [5, 5.41) is 17.3. The van der Waals surface area contributed by atoms with Gasteiger partial charge < -0.3 is 15.2 Å². The Kier molecular flexibility index (Phi) is 5.82. The van der Waals surface area contributed by atoms with Crippen LogP contribution in [-0.2, 0) is 13.6 Å². The molecule has 0 atom stereocenters. The lowest BCUT2D eigenvalue weighted by Gasteiger charge is -2.29. The first-order chi connectivity index (χ1) is 9.03. The van der Waals surface area contributed by atoms with Gasteiger partial charge in [-0.2, -0.15) is 5.10 Å². The number of methoxy groups -OCH3 is 1. The highest BCUT2D eigenvalue weighted by molar-refractivity contribution is 5.30. The Morgan fingerprint density at radius 1 is 1.37 bits per heavy atom. The smallest absolute Gasteiger partial charge is 0.216 e. The average Bonchev–Trinajstić information content (AvgIpc) is 2.69. The van der Waals surface area contributed by atoms with E-state index in [-0.39, 0.29) is 12.0 Å². The van der Waals surface area contributed by atoms with Crippen LogP contribution in [0.1, 0.15) is 37.9 Å². The highest BCUT2D eigenvalue weighted by Gasteiger charge is 2.25. The lowest BCUT2D eigenvalue weighted by molar-refractivity contribution is 0.113. The molecule has 0 saturated carbocycles. The first-order valence-electron chi connectivity index (χ1n) is 6.91. The van der Waals surface area contributed by atoms with Gasteiger partial charge in [-0.05, 0) is 19.8 Å². The zero-order chi connectivity index (χ0) is 14.5. The summed E-state index contributed by atoms with van der Waals surface area (Å²) >= 11 is 0. The van der Waals surface area contributed by atoms with Crippen LogP contribution in [0.15, 0.2) is 0 Å². The number of rotatable bonds is 8. The van der Waals surface area contributed by atoms with E-state index in [0.29, 0.717) is 6.54 Å². The summed E-state index contributed by atoms with van der Waals surface area (Å²) in [4.78, 5) is 0. The van der Waals surface area contributed by atoms with Gasteiger partial charge >= 0.3 is 0 Å². The average molecular weight is 269 g/mol. The molecule has 5 heteroatoms. The quantitative estimate of drug-likeness (QED) is 0.753. The molecule has 19 heavy (non-hydrogen) atoms. The molecule has 0 spiro atoms. The van der Waals surface area contributed by atoms with Crippen molar-refractivity contribution in [2.45, 2.75) is 40.2 Å². The van der Waals surface area contributed by atoms with Crippen molar-refractivity contribution in [3.63, 3.8) is 0 Å². The summed E-state index contributed by atoms with van der Waals surface area (Å²) in [7, 11) is 3.54. The molecule has 0 aromatic carbocycles. The predicted molar refractivity (Wildman–Crippen MR) is 76.3 cm³/mol. The van der Waals surface area contributed by atoms with Gasteiger partial charge in [0.25, 0.3) is 0 Å². The predicted octanol–water partition coefficient (Wildman–Crippen LogP) is 1.63. The zero-order valence-electron chi connectivity index (χ0n) is 12.8. The Labute approximate surface area is 116 Å². The summed E-state index contributed by atoms with van der Waals surface area (Å²) in [6.07, 6.45) is 1.94. The molecule has 1 aromatic rings. The van der Waals surface area contributed by atoms with Gasteiger partial charge in [0.15, 0.2) is 0 Å². The first kappa shape index (κ1) is 16.0. The Morgan fingerprint density at radius 2 is 2.00 bits per heavy atom. The van der Waals surface area contributed by atoms with E-state index >= 15 is 0 Å². The van der Waals surface area contributed by atoms with Gasteiger partial charge in [0, 0.05) is 32.2 Å². The second-order valence-corrected chi connectivity index (χ2v) is 5.17. The molecule has 1 aromatic heterocycles. The highest BCUT2D eigenvalue weighted by atomic mass is 16.5. The minimum atomic E-state index is -0.0245. The van der Waals surface area contributed by atoms with Crippen molar-refractivity contribution in [1.82, 2.24) is 15.1 Å². The van der Waals surface area contributed by atoms with Crippen molar-refractivity contribution >= 4 is 0 Å². The molecule has 0 amide bonds. The molecule has 0 aliphatic carbocycles. The van der Waals surface area contributed by atoms with E-state index in [2.05, 4.69) is 24.3 Å². The summed E-state index contributed by atoms with van der Waals surface area (Å²) in [6, 6.07) is 0. The summed E-state index contributed by atoms with van der Waals surface area (Å²) in [6.45, 7) is 7.96. The normalized spacial score (nSPS) is 11.9. The fraction of sp³-hybridized carbons (Fsp3) is 0.786. The molecule has 1 rings (SSSR count). The molecule has 2 N–H and O–H groups in total. The van der Waals surface area contributed by atoms with Crippen LogP contribution in [-0.4, -0.2) is 35.1 Å². The van der Waals surface area contributed by atoms with Gasteiger partial charge in [0.2, 0.25) is 5.88 Å². The molecule has 0 aliphatic heterocycles. The van der Waals surface area contributed by atoms with Gasteiger partial charge in [-0.15, -0.1) is 0 Å². The Balaban J connectivity index is 2.67. The van der Waals surface area contributed by atoms with Crippen LogP contribution in [0, 0.1) is 12.3 Å². The van der Waals surface area contributed by atoms with Crippen LogP contribution >= 0.6 is 0 Å². The maximum atomic E-state index is 9.55. The first-order valence-corrected chi connectivity index (χ1v) is 6.91. The fourth-order valence-corrected chi connectivity index (χ4v) is 2.37. The fourth-order valence-electron chi connectivity index (χ4n) is 2.37. The molecule has 0 aliphatic rings. The molecule has 110 valence electrons. The van der Waals surface area contributed by atoms with E-state index in [9.17, 15) is 5.11 Å². The van der Waals surface area contributed by atoms with Crippen molar-refractivity contribution in [3.05, 3.63) is 11.3 Å². The maximum Gasteiger partial charge on any atom is 0.216 e. The topological polar surface area (TPSA) is 59.3 Å². The summed E-state index contributed by atoms with van der Waals surface area (Å²) in [5.41, 5.74) is 2.04. The highest BCUT2D eigenvalue weighted by Crippen LogP contribution is 2.25. The third-order valence-electron chi connectivity index (χ3n) is 4.12. The monoisotopic (exact) mass is 269 g/mol. The molecule has 5 nitrogen and oxygen atoms in total. The molecular formula is C14H27N3O2. The van der Waals surface area contributed by atoms with Crippen LogP contribution in [0.2, 0.25) is 0 Å². The Hall–Kier alpha value is -1.07.